The molecule has 16 heavy (non-hydrogen) atoms. The first-order valence-electron chi connectivity index (χ1n) is 6.42. The molecule has 1 aliphatic heterocycles. The predicted octanol–water partition coefficient (Wildman–Crippen LogP) is 2.04. The number of hydrogen-bond acceptors (Lipinski definition) is 3. The zero-order chi connectivity index (χ0) is 11.4. The fourth-order valence-electron chi connectivity index (χ4n) is 2.93. The first kappa shape index (κ1) is 11.9. The van der Waals surface area contributed by atoms with Gasteiger partial charge in [0.1, 0.15) is 5.41 Å². The third-order valence-electron chi connectivity index (χ3n) is 3.86. The van der Waals surface area contributed by atoms with Crippen molar-refractivity contribution in [1.82, 2.24) is 4.90 Å². The SMILES string of the molecule is CN(CC1CCCCC1)CC1(C#N)COC1. The molecule has 0 spiro atoms. The highest BCUT2D eigenvalue weighted by Crippen LogP contribution is 2.29. The zero-order valence-electron chi connectivity index (χ0n) is 10.2. The van der Waals surface area contributed by atoms with Crippen LogP contribution < -0.4 is 0 Å². The molecule has 0 radical (unpaired) electrons. The van der Waals surface area contributed by atoms with E-state index >= 15 is 0 Å². The van der Waals surface area contributed by atoms with Crippen molar-refractivity contribution in [1.29, 1.82) is 5.26 Å². The van der Waals surface area contributed by atoms with Crippen molar-refractivity contribution in [2.45, 2.75) is 32.1 Å². The summed E-state index contributed by atoms with van der Waals surface area (Å²) >= 11 is 0. The van der Waals surface area contributed by atoms with Crippen molar-refractivity contribution in [3.05, 3.63) is 0 Å². The summed E-state index contributed by atoms with van der Waals surface area (Å²) in [5.41, 5.74) is -0.205. The lowest BCUT2D eigenvalue weighted by molar-refractivity contribution is -0.0900. The van der Waals surface area contributed by atoms with Crippen molar-refractivity contribution >= 4 is 0 Å². The van der Waals surface area contributed by atoms with E-state index in [-0.39, 0.29) is 5.41 Å². The molecule has 1 saturated heterocycles. The molecule has 0 aromatic rings. The van der Waals surface area contributed by atoms with Gasteiger partial charge < -0.3 is 9.64 Å². The molecule has 0 aromatic carbocycles. The summed E-state index contributed by atoms with van der Waals surface area (Å²) in [5.74, 6) is 0.857. The Labute approximate surface area is 98.4 Å². The highest BCUT2D eigenvalue weighted by molar-refractivity contribution is 5.05. The second kappa shape index (κ2) is 5.16. The van der Waals surface area contributed by atoms with Crippen LogP contribution in [0.5, 0.6) is 0 Å². The third-order valence-corrected chi connectivity index (χ3v) is 3.86. The Morgan fingerprint density at radius 1 is 1.31 bits per heavy atom. The van der Waals surface area contributed by atoms with E-state index in [2.05, 4.69) is 18.0 Å². The molecule has 1 saturated carbocycles. The molecule has 3 heteroatoms. The number of rotatable bonds is 4. The second-order valence-corrected chi connectivity index (χ2v) is 5.59. The summed E-state index contributed by atoms with van der Waals surface area (Å²) in [6.45, 7) is 3.28. The Morgan fingerprint density at radius 2 is 2.00 bits per heavy atom. The molecule has 1 heterocycles. The van der Waals surface area contributed by atoms with Gasteiger partial charge in [0.15, 0.2) is 0 Å². The Balaban J connectivity index is 1.75. The van der Waals surface area contributed by atoms with Crippen LogP contribution in [0.1, 0.15) is 32.1 Å². The second-order valence-electron chi connectivity index (χ2n) is 5.59. The molecular weight excluding hydrogens is 200 g/mol. The lowest BCUT2D eigenvalue weighted by Gasteiger charge is -2.39. The topological polar surface area (TPSA) is 36.3 Å². The summed E-state index contributed by atoms with van der Waals surface area (Å²) in [7, 11) is 2.14. The van der Waals surface area contributed by atoms with Crippen LogP contribution in [0.3, 0.4) is 0 Å². The number of nitriles is 1. The van der Waals surface area contributed by atoms with Crippen molar-refractivity contribution < 1.29 is 4.74 Å². The van der Waals surface area contributed by atoms with Gasteiger partial charge in [-0.1, -0.05) is 19.3 Å². The first-order valence-corrected chi connectivity index (χ1v) is 6.42. The largest absolute Gasteiger partial charge is 0.378 e. The van der Waals surface area contributed by atoms with Gasteiger partial charge in [-0.3, -0.25) is 0 Å². The maximum absolute atomic E-state index is 9.13. The standard InChI is InChI=1S/C13H22N2O/c1-15(7-12-5-3-2-4-6-12)9-13(8-14)10-16-11-13/h12H,2-7,9-11H2,1H3. The molecule has 0 bridgehead atoms. The van der Waals surface area contributed by atoms with E-state index in [0.717, 1.165) is 19.0 Å². The van der Waals surface area contributed by atoms with Gasteiger partial charge in [0.05, 0.1) is 19.3 Å². The van der Waals surface area contributed by atoms with Gasteiger partial charge in [0.25, 0.3) is 0 Å². The highest BCUT2D eigenvalue weighted by Gasteiger charge is 2.40. The van der Waals surface area contributed by atoms with E-state index < -0.39 is 0 Å². The minimum atomic E-state index is -0.205. The zero-order valence-corrected chi connectivity index (χ0v) is 10.2. The number of nitrogens with zero attached hydrogens (tertiary/aromatic N) is 2. The Bertz CT molecular complexity index is 262. The molecule has 1 aliphatic carbocycles. The van der Waals surface area contributed by atoms with Crippen LogP contribution >= 0.6 is 0 Å². The van der Waals surface area contributed by atoms with Crippen LogP contribution in [-0.4, -0.2) is 38.3 Å². The molecule has 0 amide bonds. The first-order chi connectivity index (χ1) is 7.74. The molecular formula is C13H22N2O. The van der Waals surface area contributed by atoms with Crippen LogP contribution in [0, 0.1) is 22.7 Å². The van der Waals surface area contributed by atoms with Crippen LogP contribution in [0.4, 0.5) is 0 Å². The van der Waals surface area contributed by atoms with Gasteiger partial charge in [-0.05, 0) is 25.8 Å². The van der Waals surface area contributed by atoms with E-state index in [4.69, 9.17) is 10.00 Å². The smallest absolute Gasteiger partial charge is 0.116 e. The summed E-state index contributed by atoms with van der Waals surface area (Å²) in [4.78, 5) is 2.34. The maximum atomic E-state index is 9.13. The highest BCUT2D eigenvalue weighted by atomic mass is 16.5. The van der Waals surface area contributed by atoms with Gasteiger partial charge in [0.2, 0.25) is 0 Å². The van der Waals surface area contributed by atoms with Crippen LogP contribution in [-0.2, 0) is 4.74 Å². The van der Waals surface area contributed by atoms with Crippen molar-refractivity contribution in [2.24, 2.45) is 11.3 Å². The van der Waals surface area contributed by atoms with Crippen LogP contribution in [0.15, 0.2) is 0 Å². The molecule has 0 N–H and O–H groups in total. The lowest BCUT2D eigenvalue weighted by Crippen LogP contribution is -2.49. The Morgan fingerprint density at radius 3 is 2.50 bits per heavy atom. The molecule has 3 nitrogen and oxygen atoms in total. The molecule has 90 valence electrons. The molecule has 2 fully saturated rings. The lowest BCUT2D eigenvalue weighted by atomic mass is 9.85. The molecule has 0 aromatic heterocycles. The van der Waals surface area contributed by atoms with Crippen molar-refractivity contribution in [3.63, 3.8) is 0 Å². The number of ether oxygens (including phenoxy) is 1. The average Bonchev–Trinajstić information content (AvgIpc) is 2.25. The molecule has 2 rings (SSSR count). The third kappa shape index (κ3) is 2.75. The van der Waals surface area contributed by atoms with Crippen LogP contribution in [0.2, 0.25) is 0 Å². The van der Waals surface area contributed by atoms with Crippen molar-refractivity contribution in [2.75, 3.05) is 33.4 Å². The summed E-state index contributed by atoms with van der Waals surface area (Å²) in [5, 5.41) is 9.13. The van der Waals surface area contributed by atoms with Gasteiger partial charge in [0, 0.05) is 13.1 Å². The molecule has 0 unspecified atom stereocenters. The fraction of sp³-hybridized carbons (Fsp3) is 0.923. The Kier molecular flexibility index (Phi) is 3.83. The maximum Gasteiger partial charge on any atom is 0.116 e. The summed E-state index contributed by atoms with van der Waals surface area (Å²) in [6.07, 6.45) is 6.95. The van der Waals surface area contributed by atoms with Gasteiger partial charge in [-0.15, -0.1) is 0 Å². The van der Waals surface area contributed by atoms with E-state index in [1.165, 1.54) is 32.1 Å². The van der Waals surface area contributed by atoms with E-state index in [9.17, 15) is 0 Å². The number of hydrogen-bond donors (Lipinski definition) is 0. The Hall–Kier alpha value is -0.590. The molecule has 2 aliphatic rings. The minimum absolute atomic E-state index is 0.205. The van der Waals surface area contributed by atoms with Gasteiger partial charge in [-0.25, -0.2) is 0 Å². The van der Waals surface area contributed by atoms with Gasteiger partial charge >= 0.3 is 0 Å². The average molecular weight is 222 g/mol. The van der Waals surface area contributed by atoms with Gasteiger partial charge in [-0.2, -0.15) is 5.26 Å². The predicted molar refractivity (Wildman–Crippen MR) is 62.9 cm³/mol. The van der Waals surface area contributed by atoms with E-state index in [1.807, 2.05) is 0 Å². The fourth-order valence-corrected chi connectivity index (χ4v) is 2.93. The summed E-state index contributed by atoms with van der Waals surface area (Å²) < 4.78 is 5.17. The van der Waals surface area contributed by atoms with Crippen molar-refractivity contribution in [3.8, 4) is 6.07 Å². The van der Waals surface area contributed by atoms with E-state index in [1.54, 1.807) is 0 Å². The normalized spacial score (nSPS) is 25.1. The minimum Gasteiger partial charge on any atom is -0.378 e. The quantitative estimate of drug-likeness (QED) is 0.730. The molecule has 0 atom stereocenters. The van der Waals surface area contributed by atoms with Crippen LogP contribution in [0.25, 0.3) is 0 Å². The van der Waals surface area contributed by atoms with E-state index in [0.29, 0.717) is 13.2 Å². The monoisotopic (exact) mass is 222 g/mol. The summed E-state index contributed by atoms with van der Waals surface area (Å²) in [6, 6.07) is 2.42.